The molecule has 0 heterocycles. The number of aliphatic hydroxyl groups is 1. The maximum Gasteiger partial charge on any atom is 0.318 e. The molecule has 0 saturated carbocycles. The zero-order valence-electron chi connectivity index (χ0n) is 4.86. The van der Waals surface area contributed by atoms with Gasteiger partial charge in [-0.05, 0) is 0 Å². The van der Waals surface area contributed by atoms with Crippen molar-refractivity contribution in [3.63, 3.8) is 0 Å². The molecular formula is C3H8BrClN2O3. The van der Waals surface area contributed by atoms with Gasteiger partial charge in [-0.15, -0.1) is 29.4 Å². The van der Waals surface area contributed by atoms with E-state index in [1.807, 2.05) is 0 Å². The summed E-state index contributed by atoms with van der Waals surface area (Å²) in [7, 11) is 0. The Morgan fingerprint density at radius 3 is 2.00 bits per heavy atom. The van der Waals surface area contributed by atoms with Crippen LogP contribution < -0.4 is 11.1 Å². The van der Waals surface area contributed by atoms with Gasteiger partial charge < -0.3 is 10.8 Å². The lowest BCUT2D eigenvalue weighted by molar-refractivity contribution is -0.122. The Morgan fingerprint density at radius 2 is 1.90 bits per heavy atom. The van der Waals surface area contributed by atoms with E-state index in [1.54, 1.807) is 5.32 Å². The Bertz CT molecular complexity index is 120. The van der Waals surface area contributed by atoms with Gasteiger partial charge in [-0.1, -0.05) is 0 Å². The molecule has 0 radical (unpaired) electrons. The molecule has 0 aliphatic carbocycles. The molecule has 3 amide bonds. The first-order valence-electron chi connectivity index (χ1n) is 1.87. The summed E-state index contributed by atoms with van der Waals surface area (Å²) in [4.78, 5) is 19.7. The minimum Gasteiger partial charge on any atom is -0.387 e. The molecule has 4 N–H and O–H groups in total. The zero-order valence-corrected chi connectivity index (χ0v) is 7.39. The quantitative estimate of drug-likeness (QED) is 0.554. The first-order valence-corrected chi connectivity index (χ1v) is 1.87. The fraction of sp³-hybridized carbons (Fsp3) is 0.333. The van der Waals surface area contributed by atoms with Crippen LogP contribution >= 0.6 is 29.4 Å². The molecule has 7 heteroatoms. The molecule has 10 heavy (non-hydrogen) atoms. The van der Waals surface area contributed by atoms with Gasteiger partial charge in [-0.2, -0.15) is 0 Å². The van der Waals surface area contributed by atoms with E-state index in [0.29, 0.717) is 0 Å². The second-order valence-corrected chi connectivity index (χ2v) is 1.07. The second kappa shape index (κ2) is 8.67. The molecule has 0 unspecified atom stereocenters. The number of carbonyl (C=O) groups excluding carboxylic acids is 2. The Labute approximate surface area is 74.1 Å². The molecule has 0 aliphatic heterocycles. The maximum atomic E-state index is 9.96. The van der Waals surface area contributed by atoms with Crippen LogP contribution in [0.25, 0.3) is 0 Å². The molecule has 0 aromatic heterocycles. The van der Waals surface area contributed by atoms with Crippen molar-refractivity contribution in [2.75, 3.05) is 6.61 Å². The summed E-state index contributed by atoms with van der Waals surface area (Å²) in [6.07, 6.45) is 0. The van der Waals surface area contributed by atoms with Crippen molar-refractivity contribution in [2.24, 2.45) is 5.73 Å². The summed E-state index contributed by atoms with van der Waals surface area (Å²) in [5, 5.41) is 9.61. The third kappa shape index (κ3) is 10.6. The summed E-state index contributed by atoms with van der Waals surface area (Å²) in [6.45, 7) is -0.719. The fourth-order valence-corrected chi connectivity index (χ4v) is 0.177. The average molecular weight is 235 g/mol. The average Bonchev–Trinajstić information content (AvgIpc) is 1.65. The monoisotopic (exact) mass is 234 g/mol. The van der Waals surface area contributed by atoms with E-state index in [4.69, 9.17) is 5.11 Å². The van der Waals surface area contributed by atoms with Crippen molar-refractivity contribution in [2.45, 2.75) is 0 Å². The van der Waals surface area contributed by atoms with Gasteiger partial charge in [0.15, 0.2) is 0 Å². The lowest BCUT2D eigenvalue weighted by Crippen LogP contribution is -2.36. The number of hydrogen-bond acceptors (Lipinski definition) is 3. The van der Waals surface area contributed by atoms with E-state index in [1.165, 1.54) is 0 Å². The van der Waals surface area contributed by atoms with Crippen molar-refractivity contribution < 1.29 is 14.7 Å². The largest absolute Gasteiger partial charge is 0.387 e. The minimum atomic E-state index is -0.955. The predicted molar refractivity (Wildman–Crippen MR) is 42.4 cm³/mol. The number of aliphatic hydroxyl groups excluding tert-OH is 1. The van der Waals surface area contributed by atoms with Crippen LogP contribution in [0.5, 0.6) is 0 Å². The molecule has 0 fully saturated rings. The number of imide groups is 1. The van der Waals surface area contributed by atoms with Crippen molar-refractivity contribution in [1.82, 2.24) is 5.32 Å². The number of hydrogen-bond donors (Lipinski definition) is 3. The summed E-state index contributed by atoms with van der Waals surface area (Å²) in [5.74, 6) is -0.794. The fourth-order valence-electron chi connectivity index (χ4n) is 0.177. The number of urea groups is 1. The minimum absolute atomic E-state index is 0. The van der Waals surface area contributed by atoms with Crippen LogP contribution in [0, 0.1) is 0 Å². The number of nitrogens with two attached hydrogens (primary N) is 1. The van der Waals surface area contributed by atoms with E-state index >= 15 is 0 Å². The SMILES string of the molecule is Br.Cl.NC(=O)NC(=O)CO. The van der Waals surface area contributed by atoms with E-state index < -0.39 is 18.5 Å². The van der Waals surface area contributed by atoms with Gasteiger partial charge in [0.2, 0.25) is 0 Å². The molecule has 5 nitrogen and oxygen atoms in total. The summed E-state index contributed by atoms with van der Waals surface area (Å²) in [6, 6.07) is -0.955. The lowest BCUT2D eigenvalue weighted by atomic mass is 10.6. The smallest absolute Gasteiger partial charge is 0.318 e. The van der Waals surface area contributed by atoms with Crippen LogP contribution in [0.15, 0.2) is 0 Å². The molecule has 0 aliphatic rings. The summed E-state index contributed by atoms with van der Waals surface area (Å²) >= 11 is 0. The molecule has 62 valence electrons. The highest BCUT2D eigenvalue weighted by Crippen LogP contribution is 1.58. The zero-order chi connectivity index (χ0) is 6.57. The predicted octanol–water partition coefficient (Wildman–Crippen LogP) is -0.827. The van der Waals surface area contributed by atoms with E-state index in [9.17, 15) is 9.59 Å². The van der Waals surface area contributed by atoms with Crippen LogP contribution in [-0.4, -0.2) is 23.7 Å². The van der Waals surface area contributed by atoms with Gasteiger partial charge in [-0.3, -0.25) is 10.1 Å². The Balaban J connectivity index is -0.000000245. The van der Waals surface area contributed by atoms with Crippen molar-refractivity contribution in [1.29, 1.82) is 0 Å². The van der Waals surface area contributed by atoms with Gasteiger partial charge in [0, 0.05) is 0 Å². The van der Waals surface area contributed by atoms with Gasteiger partial charge in [-0.25, -0.2) is 4.79 Å². The highest BCUT2D eigenvalue weighted by Gasteiger charge is 1.98. The highest BCUT2D eigenvalue weighted by atomic mass is 79.9. The summed E-state index contributed by atoms with van der Waals surface area (Å²) in [5.41, 5.74) is 4.49. The maximum absolute atomic E-state index is 9.96. The molecule has 0 saturated heterocycles. The normalized spacial score (nSPS) is 6.50. The van der Waals surface area contributed by atoms with Crippen LogP contribution in [0.1, 0.15) is 0 Å². The number of rotatable bonds is 1. The van der Waals surface area contributed by atoms with Crippen LogP contribution in [-0.2, 0) is 4.79 Å². The molecule has 0 aromatic carbocycles. The second-order valence-electron chi connectivity index (χ2n) is 1.07. The van der Waals surface area contributed by atoms with Crippen LogP contribution in [0.3, 0.4) is 0 Å². The lowest BCUT2D eigenvalue weighted by Gasteiger charge is -1.92. The molecule has 0 bridgehead atoms. The van der Waals surface area contributed by atoms with E-state index in [2.05, 4.69) is 5.73 Å². The topological polar surface area (TPSA) is 92.4 Å². The number of carbonyl (C=O) groups is 2. The van der Waals surface area contributed by atoms with Crippen molar-refractivity contribution in [3.05, 3.63) is 0 Å². The first-order chi connectivity index (χ1) is 3.66. The third-order valence-electron chi connectivity index (χ3n) is 0.406. The summed E-state index contributed by atoms with van der Waals surface area (Å²) < 4.78 is 0. The number of halogens is 2. The Kier molecular flexibility index (Phi) is 14.2. The van der Waals surface area contributed by atoms with Crippen LogP contribution in [0.2, 0.25) is 0 Å². The van der Waals surface area contributed by atoms with Crippen molar-refractivity contribution >= 4 is 41.3 Å². The van der Waals surface area contributed by atoms with Gasteiger partial charge >= 0.3 is 6.03 Å². The Morgan fingerprint density at radius 1 is 1.50 bits per heavy atom. The molecular weight excluding hydrogens is 227 g/mol. The van der Waals surface area contributed by atoms with E-state index in [-0.39, 0.29) is 29.4 Å². The van der Waals surface area contributed by atoms with Crippen LogP contribution in [0.4, 0.5) is 4.79 Å². The number of nitrogens with one attached hydrogen (secondary N) is 1. The Hall–Kier alpha value is -0.330. The molecule has 0 rings (SSSR count). The molecule has 0 spiro atoms. The van der Waals surface area contributed by atoms with Gasteiger partial charge in [0.05, 0.1) is 0 Å². The van der Waals surface area contributed by atoms with Crippen molar-refractivity contribution in [3.8, 4) is 0 Å². The number of primary amides is 1. The standard InChI is InChI=1S/C3H6N2O3.BrH.ClH/c4-3(8)5-2(7)1-6;;/h6H,1H2,(H3,4,5,7,8);2*1H. The highest BCUT2D eigenvalue weighted by molar-refractivity contribution is 8.93. The molecule has 0 aromatic rings. The first kappa shape index (κ1) is 16.3. The van der Waals surface area contributed by atoms with Gasteiger partial charge in [0.1, 0.15) is 6.61 Å². The third-order valence-corrected chi connectivity index (χ3v) is 0.406. The molecule has 0 atom stereocenters. The van der Waals surface area contributed by atoms with E-state index in [0.717, 1.165) is 0 Å². The number of amides is 3. The van der Waals surface area contributed by atoms with Gasteiger partial charge in [0.25, 0.3) is 5.91 Å².